The standard InChI is InChI=1S/C10H14N2O/c1-2-9-5-3-4-6-10(9,7-11)12-8-13/h9H,2-6H2,1H3. The second-order valence-corrected chi connectivity index (χ2v) is 3.59. The second-order valence-electron chi connectivity index (χ2n) is 3.59. The molecule has 0 bridgehead atoms. The molecule has 1 rings (SSSR count). The summed E-state index contributed by atoms with van der Waals surface area (Å²) in [6, 6.07) is 2.19. The Labute approximate surface area is 78.5 Å². The van der Waals surface area contributed by atoms with Crippen LogP contribution in [0.5, 0.6) is 0 Å². The highest BCUT2D eigenvalue weighted by Crippen LogP contribution is 2.38. The molecule has 1 aliphatic carbocycles. The van der Waals surface area contributed by atoms with E-state index < -0.39 is 5.54 Å². The van der Waals surface area contributed by atoms with Crippen molar-refractivity contribution in [2.45, 2.75) is 44.6 Å². The van der Waals surface area contributed by atoms with Crippen LogP contribution < -0.4 is 0 Å². The number of aliphatic imine (C=N–C) groups is 1. The Balaban J connectivity index is 2.92. The van der Waals surface area contributed by atoms with Gasteiger partial charge in [-0.1, -0.05) is 13.3 Å². The molecule has 0 heterocycles. The fourth-order valence-electron chi connectivity index (χ4n) is 2.17. The molecule has 3 nitrogen and oxygen atoms in total. The third-order valence-corrected chi connectivity index (χ3v) is 2.97. The van der Waals surface area contributed by atoms with Gasteiger partial charge in [-0.05, 0) is 31.6 Å². The first-order chi connectivity index (χ1) is 6.29. The lowest BCUT2D eigenvalue weighted by Gasteiger charge is -2.33. The van der Waals surface area contributed by atoms with Crippen LogP contribution in [0.2, 0.25) is 0 Å². The van der Waals surface area contributed by atoms with E-state index in [1.54, 1.807) is 6.08 Å². The summed E-state index contributed by atoms with van der Waals surface area (Å²) in [4.78, 5) is 14.0. The smallest absolute Gasteiger partial charge is 0.211 e. The Morgan fingerprint density at radius 2 is 2.38 bits per heavy atom. The van der Waals surface area contributed by atoms with Gasteiger partial charge >= 0.3 is 0 Å². The van der Waals surface area contributed by atoms with E-state index in [0.717, 1.165) is 32.1 Å². The fourth-order valence-corrected chi connectivity index (χ4v) is 2.17. The van der Waals surface area contributed by atoms with Crippen molar-refractivity contribution in [2.75, 3.05) is 0 Å². The molecular weight excluding hydrogens is 164 g/mol. The van der Waals surface area contributed by atoms with Gasteiger partial charge in [-0.3, -0.25) is 0 Å². The Hall–Kier alpha value is -1.13. The van der Waals surface area contributed by atoms with Gasteiger partial charge in [0.15, 0.2) is 5.54 Å². The molecule has 1 saturated carbocycles. The van der Waals surface area contributed by atoms with Gasteiger partial charge in [0, 0.05) is 0 Å². The average Bonchev–Trinajstić information content (AvgIpc) is 2.19. The zero-order chi connectivity index (χ0) is 9.73. The minimum Gasteiger partial charge on any atom is -0.211 e. The Bertz CT molecular complexity index is 263. The van der Waals surface area contributed by atoms with Gasteiger partial charge in [-0.15, -0.1) is 0 Å². The van der Waals surface area contributed by atoms with Crippen molar-refractivity contribution >= 4 is 6.08 Å². The van der Waals surface area contributed by atoms with E-state index in [1.807, 2.05) is 6.92 Å². The van der Waals surface area contributed by atoms with Crippen LogP contribution in [0.3, 0.4) is 0 Å². The summed E-state index contributed by atoms with van der Waals surface area (Å²) in [7, 11) is 0. The van der Waals surface area contributed by atoms with E-state index in [1.165, 1.54) is 0 Å². The lowest BCUT2D eigenvalue weighted by molar-refractivity contribution is 0.240. The first kappa shape index (κ1) is 9.95. The highest BCUT2D eigenvalue weighted by atomic mass is 16.1. The van der Waals surface area contributed by atoms with Crippen molar-refractivity contribution in [3.05, 3.63) is 0 Å². The number of hydrogen-bond acceptors (Lipinski definition) is 3. The third-order valence-electron chi connectivity index (χ3n) is 2.97. The van der Waals surface area contributed by atoms with E-state index in [-0.39, 0.29) is 5.92 Å². The van der Waals surface area contributed by atoms with E-state index in [9.17, 15) is 4.79 Å². The van der Waals surface area contributed by atoms with Crippen molar-refractivity contribution in [1.82, 2.24) is 0 Å². The molecule has 1 aliphatic rings. The molecule has 0 saturated heterocycles. The van der Waals surface area contributed by atoms with E-state index >= 15 is 0 Å². The molecule has 70 valence electrons. The molecule has 13 heavy (non-hydrogen) atoms. The summed E-state index contributed by atoms with van der Waals surface area (Å²) in [5.74, 6) is 0.243. The van der Waals surface area contributed by atoms with Crippen LogP contribution in [0.15, 0.2) is 4.99 Å². The van der Waals surface area contributed by atoms with Gasteiger partial charge in [-0.2, -0.15) is 10.3 Å². The van der Waals surface area contributed by atoms with Crippen LogP contribution in [0.4, 0.5) is 0 Å². The summed E-state index contributed by atoms with van der Waals surface area (Å²) in [5, 5.41) is 9.05. The number of nitrogens with zero attached hydrogens (tertiary/aromatic N) is 2. The summed E-state index contributed by atoms with van der Waals surface area (Å²) < 4.78 is 0. The Kier molecular flexibility index (Phi) is 3.22. The zero-order valence-corrected chi connectivity index (χ0v) is 7.92. The number of hydrogen-bond donors (Lipinski definition) is 0. The first-order valence-corrected chi connectivity index (χ1v) is 4.79. The summed E-state index contributed by atoms with van der Waals surface area (Å²) in [5.41, 5.74) is -0.755. The lowest BCUT2D eigenvalue weighted by atomic mass is 9.73. The maximum absolute atomic E-state index is 10.3. The Morgan fingerprint density at radius 1 is 1.62 bits per heavy atom. The van der Waals surface area contributed by atoms with Gasteiger partial charge < -0.3 is 0 Å². The first-order valence-electron chi connectivity index (χ1n) is 4.79. The summed E-state index contributed by atoms with van der Waals surface area (Å²) in [6.45, 7) is 2.04. The monoisotopic (exact) mass is 178 g/mol. The van der Waals surface area contributed by atoms with E-state index in [2.05, 4.69) is 11.1 Å². The maximum Gasteiger partial charge on any atom is 0.236 e. The largest absolute Gasteiger partial charge is 0.236 e. The van der Waals surface area contributed by atoms with Crippen molar-refractivity contribution in [3.8, 4) is 6.07 Å². The van der Waals surface area contributed by atoms with E-state index in [0.29, 0.717) is 0 Å². The van der Waals surface area contributed by atoms with Crippen molar-refractivity contribution in [2.24, 2.45) is 10.9 Å². The summed E-state index contributed by atoms with van der Waals surface area (Å²) in [6.07, 6.45) is 6.33. The van der Waals surface area contributed by atoms with Crippen LogP contribution in [0.1, 0.15) is 39.0 Å². The van der Waals surface area contributed by atoms with Crippen LogP contribution in [0.25, 0.3) is 0 Å². The van der Waals surface area contributed by atoms with Gasteiger partial charge in [-0.25, -0.2) is 4.79 Å². The molecule has 0 N–H and O–H groups in total. The molecule has 0 spiro atoms. The molecule has 0 amide bonds. The van der Waals surface area contributed by atoms with Crippen molar-refractivity contribution in [3.63, 3.8) is 0 Å². The van der Waals surface area contributed by atoms with Crippen LogP contribution in [-0.4, -0.2) is 11.6 Å². The molecule has 3 heteroatoms. The van der Waals surface area contributed by atoms with Gasteiger partial charge in [0.1, 0.15) is 0 Å². The Morgan fingerprint density at radius 3 is 2.92 bits per heavy atom. The van der Waals surface area contributed by atoms with Crippen LogP contribution in [0, 0.1) is 17.2 Å². The summed E-state index contributed by atoms with van der Waals surface area (Å²) >= 11 is 0. The minimum atomic E-state index is -0.755. The predicted molar refractivity (Wildman–Crippen MR) is 48.7 cm³/mol. The molecule has 0 aliphatic heterocycles. The molecule has 0 aromatic carbocycles. The van der Waals surface area contributed by atoms with Gasteiger partial charge in [0.05, 0.1) is 6.07 Å². The number of isocyanates is 1. The molecule has 2 unspecified atom stereocenters. The van der Waals surface area contributed by atoms with Crippen molar-refractivity contribution in [1.29, 1.82) is 5.26 Å². The number of rotatable bonds is 2. The second kappa shape index (κ2) is 4.20. The average molecular weight is 178 g/mol. The highest BCUT2D eigenvalue weighted by Gasteiger charge is 2.40. The van der Waals surface area contributed by atoms with Gasteiger partial charge in [0.25, 0.3) is 0 Å². The molecular formula is C10H14N2O. The topological polar surface area (TPSA) is 53.2 Å². The molecule has 0 aromatic heterocycles. The third kappa shape index (κ3) is 1.79. The SMILES string of the molecule is CCC1CCCCC1(C#N)N=C=O. The lowest BCUT2D eigenvalue weighted by Crippen LogP contribution is -2.37. The molecule has 0 radical (unpaired) electrons. The molecule has 2 atom stereocenters. The number of carbonyl (C=O) groups excluding carboxylic acids is 1. The van der Waals surface area contributed by atoms with Crippen LogP contribution in [-0.2, 0) is 4.79 Å². The normalized spacial score (nSPS) is 33.1. The van der Waals surface area contributed by atoms with Crippen molar-refractivity contribution < 1.29 is 4.79 Å². The number of nitriles is 1. The highest BCUT2D eigenvalue weighted by molar-refractivity contribution is 5.37. The molecule has 1 fully saturated rings. The molecule has 0 aromatic rings. The predicted octanol–water partition coefficient (Wildman–Crippen LogP) is 2.18. The fraction of sp³-hybridized carbons (Fsp3) is 0.800. The zero-order valence-electron chi connectivity index (χ0n) is 7.92. The van der Waals surface area contributed by atoms with E-state index in [4.69, 9.17) is 5.26 Å². The quantitative estimate of drug-likeness (QED) is 0.480. The van der Waals surface area contributed by atoms with Gasteiger partial charge in [0.2, 0.25) is 6.08 Å². The van der Waals surface area contributed by atoms with Crippen LogP contribution >= 0.6 is 0 Å². The maximum atomic E-state index is 10.3. The minimum absolute atomic E-state index is 0.243.